The van der Waals surface area contributed by atoms with Gasteiger partial charge in [-0.05, 0) is 25.3 Å². The monoisotopic (exact) mass is 233 g/mol. The molecule has 17 heavy (non-hydrogen) atoms. The largest absolute Gasteiger partial charge is 0.384 e. The van der Waals surface area contributed by atoms with E-state index in [-0.39, 0.29) is 5.84 Å². The van der Waals surface area contributed by atoms with E-state index in [1.807, 2.05) is 0 Å². The highest BCUT2D eigenvalue weighted by Crippen LogP contribution is 2.32. The fourth-order valence-corrected chi connectivity index (χ4v) is 1.92. The molecule has 5 nitrogen and oxygen atoms in total. The summed E-state index contributed by atoms with van der Waals surface area (Å²) in [7, 11) is 0. The van der Waals surface area contributed by atoms with Crippen molar-refractivity contribution in [3.05, 3.63) is 17.8 Å². The molecule has 1 aromatic rings. The minimum absolute atomic E-state index is 0.0667. The van der Waals surface area contributed by atoms with Crippen molar-refractivity contribution in [3.63, 3.8) is 0 Å². The topological polar surface area (TPSA) is 78.9 Å². The molecular formula is C12H19N5. The number of hydrogen-bond donors (Lipinski definition) is 2. The van der Waals surface area contributed by atoms with Gasteiger partial charge in [0.25, 0.3) is 0 Å². The number of amidine groups is 1. The van der Waals surface area contributed by atoms with E-state index in [4.69, 9.17) is 11.1 Å². The van der Waals surface area contributed by atoms with Crippen molar-refractivity contribution in [3.8, 4) is 0 Å². The number of nitrogens with two attached hydrogens (primary N) is 1. The van der Waals surface area contributed by atoms with E-state index < -0.39 is 0 Å². The van der Waals surface area contributed by atoms with Gasteiger partial charge in [-0.1, -0.05) is 13.3 Å². The second-order valence-corrected chi connectivity index (χ2v) is 4.46. The van der Waals surface area contributed by atoms with Gasteiger partial charge in [0, 0.05) is 12.6 Å². The van der Waals surface area contributed by atoms with Crippen LogP contribution in [0.15, 0.2) is 12.3 Å². The summed E-state index contributed by atoms with van der Waals surface area (Å²) in [6.07, 6.45) is 6.28. The highest BCUT2D eigenvalue weighted by molar-refractivity contribution is 5.99. The van der Waals surface area contributed by atoms with Crippen LogP contribution in [0.25, 0.3) is 0 Å². The van der Waals surface area contributed by atoms with Gasteiger partial charge in [0.1, 0.15) is 5.84 Å². The summed E-state index contributed by atoms with van der Waals surface area (Å²) in [5.41, 5.74) is 6.29. The van der Waals surface area contributed by atoms with Crippen LogP contribution < -0.4 is 10.6 Å². The van der Waals surface area contributed by atoms with Gasteiger partial charge in [-0.25, -0.2) is 0 Å². The van der Waals surface area contributed by atoms with Gasteiger partial charge in [0.05, 0.1) is 11.8 Å². The minimum Gasteiger partial charge on any atom is -0.384 e. The summed E-state index contributed by atoms with van der Waals surface area (Å²) in [4.78, 5) is 2.26. The third-order valence-electron chi connectivity index (χ3n) is 3.00. The van der Waals surface area contributed by atoms with Crippen molar-refractivity contribution in [1.29, 1.82) is 5.41 Å². The molecular weight excluding hydrogens is 214 g/mol. The molecule has 0 aromatic carbocycles. The van der Waals surface area contributed by atoms with Crippen molar-refractivity contribution < 1.29 is 0 Å². The maximum atomic E-state index is 7.59. The molecule has 0 atom stereocenters. The van der Waals surface area contributed by atoms with Crippen molar-refractivity contribution in [2.75, 3.05) is 11.4 Å². The molecule has 1 aromatic heterocycles. The Hall–Kier alpha value is -1.65. The van der Waals surface area contributed by atoms with E-state index in [1.54, 1.807) is 12.3 Å². The fraction of sp³-hybridized carbons (Fsp3) is 0.583. The molecule has 0 bridgehead atoms. The first-order valence-electron chi connectivity index (χ1n) is 6.16. The molecule has 0 saturated heterocycles. The lowest BCUT2D eigenvalue weighted by Gasteiger charge is -2.24. The van der Waals surface area contributed by atoms with Gasteiger partial charge in [-0.2, -0.15) is 5.10 Å². The number of nitrogen functional groups attached to an aromatic ring is 1. The summed E-state index contributed by atoms with van der Waals surface area (Å²) in [5.74, 6) is 0.841. The molecule has 0 aliphatic heterocycles. The predicted octanol–water partition coefficient (Wildman–Crippen LogP) is 1.53. The zero-order valence-electron chi connectivity index (χ0n) is 10.2. The molecule has 1 saturated carbocycles. The molecule has 1 fully saturated rings. The highest BCUT2D eigenvalue weighted by Gasteiger charge is 2.31. The molecule has 5 heteroatoms. The first kappa shape index (κ1) is 11.8. The number of nitrogens with zero attached hydrogens (tertiary/aromatic N) is 3. The van der Waals surface area contributed by atoms with Crippen molar-refractivity contribution in [2.24, 2.45) is 5.73 Å². The smallest absolute Gasteiger partial charge is 0.162 e. The molecule has 1 heterocycles. The first-order chi connectivity index (χ1) is 8.24. The van der Waals surface area contributed by atoms with Gasteiger partial charge in [0.2, 0.25) is 0 Å². The van der Waals surface area contributed by atoms with Gasteiger partial charge < -0.3 is 10.6 Å². The molecule has 1 aliphatic rings. The third-order valence-corrected chi connectivity index (χ3v) is 3.00. The SMILES string of the molecule is CCCCN(c1nnccc1C(=N)N)C1CC1. The van der Waals surface area contributed by atoms with Gasteiger partial charge in [-0.15, -0.1) is 5.10 Å². The highest BCUT2D eigenvalue weighted by atomic mass is 15.3. The summed E-state index contributed by atoms with van der Waals surface area (Å²) < 4.78 is 0. The molecule has 0 radical (unpaired) electrons. The Bertz CT molecular complexity index is 400. The molecule has 92 valence electrons. The van der Waals surface area contributed by atoms with Crippen LogP contribution in [0.1, 0.15) is 38.2 Å². The summed E-state index contributed by atoms with van der Waals surface area (Å²) in [5, 5.41) is 15.7. The lowest BCUT2D eigenvalue weighted by molar-refractivity contribution is 0.697. The van der Waals surface area contributed by atoms with Crippen LogP contribution in [0, 0.1) is 5.41 Å². The Balaban J connectivity index is 2.25. The molecule has 0 amide bonds. The number of aromatic nitrogens is 2. The Kier molecular flexibility index (Phi) is 3.56. The van der Waals surface area contributed by atoms with Crippen LogP contribution in [0.5, 0.6) is 0 Å². The van der Waals surface area contributed by atoms with Crippen LogP contribution in [0.4, 0.5) is 5.82 Å². The van der Waals surface area contributed by atoms with Crippen molar-refractivity contribution in [2.45, 2.75) is 38.6 Å². The summed E-state index contributed by atoms with van der Waals surface area (Å²) in [6, 6.07) is 2.34. The Labute approximate surface area is 102 Å². The van der Waals surface area contributed by atoms with Crippen LogP contribution in [0.3, 0.4) is 0 Å². The Morgan fingerprint density at radius 3 is 2.94 bits per heavy atom. The van der Waals surface area contributed by atoms with E-state index in [1.165, 1.54) is 12.8 Å². The fourth-order valence-electron chi connectivity index (χ4n) is 1.92. The second-order valence-electron chi connectivity index (χ2n) is 4.46. The average Bonchev–Trinajstić information content (AvgIpc) is 3.14. The maximum absolute atomic E-state index is 7.59. The predicted molar refractivity (Wildman–Crippen MR) is 68.3 cm³/mol. The van der Waals surface area contributed by atoms with Crippen LogP contribution in [-0.4, -0.2) is 28.6 Å². The number of nitrogens with one attached hydrogen (secondary N) is 1. The molecule has 3 N–H and O–H groups in total. The standard InChI is InChI=1S/C12H19N5/c1-2-3-8-17(9-4-5-9)12-10(11(13)14)6-7-15-16-12/h6-7,9H,2-5,8H2,1H3,(H3,13,14). The quantitative estimate of drug-likeness (QED) is 0.577. The zero-order valence-corrected chi connectivity index (χ0v) is 10.2. The first-order valence-corrected chi connectivity index (χ1v) is 6.16. The Morgan fingerprint density at radius 2 is 2.35 bits per heavy atom. The van der Waals surface area contributed by atoms with Gasteiger partial charge in [0.15, 0.2) is 5.82 Å². The van der Waals surface area contributed by atoms with E-state index in [2.05, 4.69) is 22.0 Å². The molecule has 2 rings (SSSR count). The maximum Gasteiger partial charge on any atom is 0.162 e. The summed E-state index contributed by atoms with van der Waals surface area (Å²) in [6.45, 7) is 3.15. The van der Waals surface area contributed by atoms with Crippen LogP contribution >= 0.6 is 0 Å². The minimum atomic E-state index is 0.0667. The van der Waals surface area contributed by atoms with Crippen molar-refractivity contribution >= 4 is 11.7 Å². The average molecular weight is 233 g/mol. The van der Waals surface area contributed by atoms with Gasteiger partial charge in [-0.3, -0.25) is 5.41 Å². The number of rotatable bonds is 6. The zero-order chi connectivity index (χ0) is 12.3. The second kappa shape index (κ2) is 5.12. The number of unbranched alkanes of at least 4 members (excludes halogenated alkanes) is 1. The van der Waals surface area contributed by atoms with E-state index in [9.17, 15) is 0 Å². The van der Waals surface area contributed by atoms with E-state index in [0.717, 1.165) is 25.2 Å². The summed E-state index contributed by atoms with van der Waals surface area (Å²) >= 11 is 0. The van der Waals surface area contributed by atoms with E-state index >= 15 is 0 Å². The normalized spacial score (nSPS) is 14.6. The van der Waals surface area contributed by atoms with Gasteiger partial charge >= 0.3 is 0 Å². The lowest BCUT2D eigenvalue weighted by Crippen LogP contribution is -2.30. The van der Waals surface area contributed by atoms with Crippen LogP contribution in [-0.2, 0) is 0 Å². The number of hydrogen-bond acceptors (Lipinski definition) is 4. The molecule has 0 unspecified atom stereocenters. The van der Waals surface area contributed by atoms with Crippen molar-refractivity contribution in [1.82, 2.24) is 10.2 Å². The number of anilines is 1. The Morgan fingerprint density at radius 1 is 1.59 bits per heavy atom. The third kappa shape index (κ3) is 2.72. The van der Waals surface area contributed by atoms with Crippen LogP contribution in [0.2, 0.25) is 0 Å². The molecule has 0 spiro atoms. The molecule has 1 aliphatic carbocycles. The van der Waals surface area contributed by atoms with E-state index in [0.29, 0.717) is 11.6 Å². The lowest BCUT2D eigenvalue weighted by atomic mass is 10.2.